The van der Waals surface area contributed by atoms with E-state index >= 15 is 0 Å². The highest BCUT2D eigenvalue weighted by Gasteiger charge is 2.24. The van der Waals surface area contributed by atoms with E-state index in [-0.39, 0.29) is 17.7 Å². The first-order valence-corrected chi connectivity index (χ1v) is 6.99. The van der Waals surface area contributed by atoms with Gasteiger partial charge >= 0.3 is 6.03 Å². The molecule has 1 aromatic heterocycles. The number of carbonyl (C=O) groups excluding carboxylic acids is 1. The zero-order valence-electron chi connectivity index (χ0n) is 12.9. The largest absolute Gasteiger partial charge is 0.375 e. The first-order valence-electron chi connectivity index (χ1n) is 6.99. The van der Waals surface area contributed by atoms with Gasteiger partial charge in [-0.1, -0.05) is 0 Å². The number of urea groups is 1. The second kappa shape index (κ2) is 5.74. The van der Waals surface area contributed by atoms with E-state index in [2.05, 4.69) is 16.5 Å². The van der Waals surface area contributed by atoms with Crippen LogP contribution >= 0.6 is 0 Å². The van der Waals surface area contributed by atoms with Gasteiger partial charge in [0.2, 0.25) is 0 Å². The standard InChI is InChI=1S/C14H21N5O2/c1-10-8-18(5-6-21-10)13(20)16-12-11(7-15)9-19(17-12)14(2,3)4/h9-10H,5-6,8H2,1-4H3,(H,16,17,20). The van der Waals surface area contributed by atoms with Crippen LogP contribution in [0.25, 0.3) is 0 Å². The molecule has 1 aliphatic heterocycles. The second-order valence-corrected chi connectivity index (χ2v) is 6.18. The Morgan fingerprint density at radius 2 is 2.29 bits per heavy atom. The van der Waals surface area contributed by atoms with Gasteiger partial charge in [0.05, 0.1) is 18.2 Å². The number of ether oxygens (including phenoxy) is 1. The molecule has 2 rings (SSSR count). The number of nitrogens with zero attached hydrogens (tertiary/aromatic N) is 4. The molecule has 0 aromatic carbocycles. The van der Waals surface area contributed by atoms with Crippen LogP contribution in [0.2, 0.25) is 0 Å². The Morgan fingerprint density at radius 1 is 1.57 bits per heavy atom. The lowest BCUT2D eigenvalue weighted by atomic mass is 10.1. The van der Waals surface area contributed by atoms with E-state index in [0.717, 1.165) is 0 Å². The van der Waals surface area contributed by atoms with Crippen molar-refractivity contribution in [3.63, 3.8) is 0 Å². The summed E-state index contributed by atoms with van der Waals surface area (Å²) >= 11 is 0. The number of hydrogen-bond donors (Lipinski definition) is 1. The van der Waals surface area contributed by atoms with Gasteiger partial charge in [-0.05, 0) is 27.7 Å². The summed E-state index contributed by atoms with van der Waals surface area (Å²) in [4.78, 5) is 13.9. The van der Waals surface area contributed by atoms with Gasteiger partial charge in [-0.15, -0.1) is 0 Å². The van der Waals surface area contributed by atoms with Gasteiger partial charge in [-0.3, -0.25) is 10.00 Å². The minimum absolute atomic E-state index is 0.0204. The van der Waals surface area contributed by atoms with E-state index in [1.165, 1.54) is 0 Å². The van der Waals surface area contributed by atoms with Crippen molar-refractivity contribution in [3.8, 4) is 6.07 Å². The molecule has 0 saturated carbocycles. The number of aromatic nitrogens is 2. The molecule has 0 bridgehead atoms. The number of amides is 2. The van der Waals surface area contributed by atoms with Crippen LogP contribution in [0.3, 0.4) is 0 Å². The quantitative estimate of drug-likeness (QED) is 0.854. The van der Waals surface area contributed by atoms with E-state index in [1.54, 1.807) is 15.8 Å². The third-order valence-corrected chi connectivity index (χ3v) is 3.28. The number of carbonyl (C=O) groups is 1. The first-order chi connectivity index (χ1) is 9.81. The highest BCUT2D eigenvalue weighted by atomic mass is 16.5. The van der Waals surface area contributed by atoms with Gasteiger partial charge < -0.3 is 9.64 Å². The normalized spacial score (nSPS) is 19.2. The molecule has 1 aliphatic rings. The minimum Gasteiger partial charge on any atom is -0.375 e. The summed E-state index contributed by atoms with van der Waals surface area (Å²) < 4.78 is 7.09. The van der Waals surface area contributed by atoms with Crippen molar-refractivity contribution in [2.45, 2.75) is 39.3 Å². The van der Waals surface area contributed by atoms with E-state index in [4.69, 9.17) is 4.74 Å². The summed E-state index contributed by atoms with van der Waals surface area (Å²) in [7, 11) is 0. The van der Waals surface area contributed by atoms with Crippen molar-refractivity contribution in [1.82, 2.24) is 14.7 Å². The second-order valence-electron chi connectivity index (χ2n) is 6.18. The maximum Gasteiger partial charge on any atom is 0.323 e. The van der Waals surface area contributed by atoms with Crippen LogP contribution in [0.15, 0.2) is 6.20 Å². The molecule has 0 spiro atoms. The zero-order chi connectivity index (χ0) is 15.6. The molecule has 7 nitrogen and oxygen atoms in total. The molecule has 21 heavy (non-hydrogen) atoms. The maximum atomic E-state index is 12.2. The predicted molar refractivity (Wildman–Crippen MR) is 77.9 cm³/mol. The monoisotopic (exact) mass is 291 g/mol. The minimum atomic E-state index is -0.249. The summed E-state index contributed by atoms with van der Waals surface area (Å²) in [6, 6.07) is 1.81. The van der Waals surface area contributed by atoms with Gasteiger partial charge in [0, 0.05) is 19.3 Å². The van der Waals surface area contributed by atoms with Crippen LogP contribution in [0.1, 0.15) is 33.3 Å². The highest BCUT2D eigenvalue weighted by Crippen LogP contribution is 2.19. The van der Waals surface area contributed by atoms with Crippen LogP contribution < -0.4 is 5.32 Å². The molecule has 0 radical (unpaired) electrons. The molecule has 1 unspecified atom stereocenters. The molecule has 2 amide bonds. The third-order valence-electron chi connectivity index (χ3n) is 3.28. The lowest BCUT2D eigenvalue weighted by Crippen LogP contribution is -2.46. The van der Waals surface area contributed by atoms with E-state index in [0.29, 0.717) is 31.1 Å². The molecule has 2 heterocycles. The molecule has 1 fully saturated rings. The molecule has 1 aromatic rings. The van der Waals surface area contributed by atoms with E-state index in [9.17, 15) is 10.1 Å². The molecule has 0 aliphatic carbocycles. The van der Waals surface area contributed by atoms with Crippen molar-refractivity contribution < 1.29 is 9.53 Å². The summed E-state index contributed by atoms with van der Waals surface area (Å²) in [5, 5.41) is 16.2. The Balaban J connectivity index is 2.14. The predicted octanol–water partition coefficient (Wildman–Crippen LogP) is 1.76. The fraction of sp³-hybridized carbons (Fsp3) is 0.643. The molecule has 1 N–H and O–H groups in total. The van der Waals surface area contributed by atoms with Gasteiger partial charge in [0.15, 0.2) is 5.82 Å². The maximum absolute atomic E-state index is 12.2. The molecule has 7 heteroatoms. The Kier molecular flexibility index (Phi) is 4.19. The number of anilines is 1. The topological polar surface area (TPSA) is 83.2 Å². The van der Waals surface area contributed by atoms with E-state index in [1.807, 2.05) is 27.7 Å². The molecular formula is C14H21N5O2. The Morgan fingerprint density at radius 3 is 2.86 bits per heavy atom. The lowest BCUT2D eigenvalue weighted by molar-refractivity contribution is -0.00140. The average Bonchev–Trinajstić information content (AvgIpc) is 2.81. The molecule has 1 saturated heterocycles. The number of hydrogen-bond acceptors (Lipinski definition) is 4. The van der Waals surface area contributed by atoms with Crippen LogP contribution in [0.4, 0.5) is 10.6 Å². The molecular weight excluding hydrogens is 270 g/mol. The van der Waals surface area contributed by atoms with Crippen molar-refractivity contribution in [3.05, 3.63) is 11.8 Å². The zero-order valence-corrected chi connectivity index (χ0v) is 12.9. The Hall–Kier alpha value is -2.07. The Labute approximate surface area is 124 Å². The lowest BCUT2D eigenvalue weighted by Gasteiger charge is -2.30. The third kappa shape index (κ3) is 3.52. The number of nitriles is 1. The smallest absolute Gasteiger partial charge is 0.323 e. The summed E-state index contributed by atoms with van der Waals surface area (Å²) in [5.74, 6) is 0.302. The van der Waals surface area contributed by atoms with Crippen LogP contribution in [-0.2, 0) is 10.3 Å². The van der Waals surface area contributed by atoms with Gasteiger partial charge in [-0.25, -0.2) is 4.79 Å². The fourth-order valence-electron chi connectivity index (χ4n) is 2.07. The Bertz CT molecular complexity index is 567. The molecule has 114 valence electrons. The fourth-order valence-corrected chi connectivity index (χ4v) is 2.07. The van der Waals surface area contributed by atoms with Gasteiger partial charge in [0.1, 0.15) is 11.6 Å². The van der Waals surface area contributed by atoms with Crippen molar-refractivity contribution >= 4 is 11.8 Å². The van der Waals surface area contributed by atoms with Crippen LogP contribution in [0, 0.1) is 11.3 Å². The van der Waals surface area contributed by atoms with Crippen molar-refractivity contribution in [1.29, 1.82) is 5.26 Å². The van der Waals surface area contributed by atoms with Crippen molar-refractivity contribution in [2.24, 2.45) is 0 Å². The average molecular weight is 291 g/mol. The number of morpholine rings is 1. The summed E-state index contributed by atoms with van der Waals surface area (Å²) in [6.45, 7) is 9.47. The van der Waals surface area contributed by atoms with Gasteiger partial charge in [0.25, 0.3) is 0 Å². The SMILES string of the molecule is CC1CN(C(=O)Nc2nn(C(C)(C)C)cc2C#N)CCO1. The van der Waals surface area contributed by atoms with Gasteiger partial charge in [-0.2, -0.15) is 10.4 Å². The van der Waals surface area contributed by atoms with E-state index < -0.39 is 0 Å². The summed E-state index contributed by atoms with van der Waals surface area (Å²) in [5.41, 5.74) is 0.113. The number of rotatable bonds is 1. The van der Waals surface area contributed by atoms with Crippen LogP contribution in [-0.4, -0.2) is 46.5 Å². The number of nitrogens with one attached hydrogen (secondary N) is 1. The first kappa shape index (κ1) is 15.3. The molecule has 1 atom stereocenters. The van der Waals surface area contributed by atoms with Crippen LogP contribution in [0.5, 0.6) is 0 Å². The van der Waals surface area contributed by atoms with Crippen molar-refractivity contribution in [2.75, 3.05) is 25.0 Å². The highest BCUT2D eigenvalue weighted by molar-refractivity contribution is 5.89. The summed E-state index contributed by atoms with van der Waals surface area (Å²) in [6.07, 6.45) is 1.67.